The van der Waals surface area contributed by atoms with Crippen molar-refractivity contribution >= 4 is 40.1 Å². The number of aryl methyl sites for hydroxylation is 3. The summed E-state index contributed by atoms with van der Waals surface area (Å²) in [7, 11) is 0. The third kappa shape index (κ3) is 8.61. The summed E-state index contributed by atoms with van der Waals surface area (Å²) in [6, 6.07) is 5.21. The van der Waals surface area contributed by atoms with Crippen molar-refractivity contribution in [3.63, 3.8) is 0 Å². The van der Waals surface area contributed by atoms with Crippen molar-refractivity contribution in [3.8, 4) is 0 Å². The van der Waals surface area contributed by atoms with Crippen LogP contribution in [0, 0.1) is 20.8 Å². The number of thiazole rings is 1. The Kier molecular flexibility index (Phi) is 10.1. The van der Waals surface area contributed by atoms with Crippen molar-refractivity contribution < 1.29 is 29.0 Å². The molecule has 0 aliphatic heterocycles. The Hall–Kier alpha value is -3.02. The van der Waals surface area contributed by atoms with Crippen LogP contribution in [0.4, 0.5) is 15.6 Å². The van der Waals surface area contributed by atoms with E-state index in [1.807, 2.05) is 20.8 Å². The van der Waals surface area contributed by atoms with Gasteiger partial charge in [-0.15, -0.1) is 11.3 Å². The molecule has 1 heterocycles. The summed E-state index contributed by atoms with van der Waals surface area (Å²) in [5, 5.41) is 16.7. The fourth-order valence-corrected chi connectivity index (χ4v) is 3.39. The number of benzene rings is 1. The third-order valence-electron chi connectivity index (χ3n) is 4.31. The normalized spacial score (nSPS) is 10.6. The Morgan fingerprint density at radius 2 is 1.75 bits per heavy atom. The summed E-state index contributed by atoms with van der Waals surface area (Å²) >= 11 is 1.40. The van der Waals surface area contributed by atoms with Crippen LogP contribution in [0.25, 0.3) is 0 Å². The van der Waals surface area contributed by atoms with Crippen LogP contribution in [0.3, 0.4) is 0 Å². The van der Waals surface area contributed by atoms with Crippen LogP contribution >= 0.6 is 11.3 Å². The van der Waals surface area contributed by atoms with E-state index in [0.717, 1.165) is 16.1 Å². The van der Waals surface area contributed by atoms with Gasteiger partial charge in [-0.2, -0.15) is 0 Å². The standard InChI is InChI=1S/C21H28N4O6S/c1-13-4-5-16(19(27)25-20-23-14(2)15(3)32-20)17(12-13)24-18(26)6-8-30-10-11-31-9-7-22-21(28)29/h4-5,12,22H,6-11H2,1-3H3,(H,24,26)(H,28,29)(H,23,25,27). The van der Waals surface area contributed by atoms with Gasteiger partial charge in [0.2, 0.25) is 5.91 Å². The lowest BCUT2D eigenvalue weighted by atomic mass is 10.1. The van der Waals surface area contributed by atoms with Gasteiger partial charge in [0.25, 0.3) is 5.91 Å². The number of rotatable bonds is 12. The molecule has 3 amide bonds. The number of hydrogen-bond donors (Lipinski definition) is 4. The van der Waals surface area contributed by atoms with E-state index in [0.29, 0.717) is 23.0 Å². The fourth-order valence-electron chi connectivity index (χ4n) is 2.58. The van der Waals surface area contributed by atoms with Gasteiger partial charge in [-0.1, -0.05) is 6.07 Å². The Morgan fingerprint density at radius 1 is 1.03 bits per heavy atom. The van der Waals surface area contributed by atoms with Crippen LogP contribution < -0.4 is 16.0 Å². The molecule has 0 unspecified atom stereocenters. The summed E-state index contributed by atoms with van der Waals surface area (Å²) in [5.41, 5.74) is 2.54. The molecule has 0 fully saturated rings. The third-order valence-corrected chi connectivity index (χ3v) is 5.30. The quantitative estimate of drug-likeness (QED) is 0.354. The largest absolute Gasteiger partial charge is 0.465 e. The number of carbonyl (C=O) groups is 3. The van der Waals surface area contributed by atoms with Crippen LogP contribution in [0.5, 0.6) is 0 Å². The highest BCUT2D eigenvalue weighted by Crippen LogP contribution is 2.24. The topological polar surface area (TPSA) is 139 Å². The summed E-state index contributed by atoms with van der Waals surface area (Å²) in [4.78, 5) is 40.7. The summed E-state index contributed by atoms with van der Waals surface area (Å²) in [6.07, 6.45) is -0.987. The second-order valence-corrected chi connectivity index (χ2v) is 8.12. The lowest BCUT2D eigenvalue weighted by molar-refractivity contribution is -0.117. The number of nitrogens with zero attached hydrogens (tertiary/aromatic N) is 1. The van der Waals surface area contributed by atoms with Gasteiger partial charge >= 0.3 is 6.09 Å². The molecule has 2 aromatic rings. The molecule has 0 saturated heterocycles. The first kappa shape index (κ1) is 25.2. The van der Waals surface area contributed by atoms with E-state index in [9.17, 15) is 14.4 Å². The number of carbonyl (C=O) groups excluding carboxylic acids is 2. The number of aromatic nitrogens is 1. The molecule has 0 spiro atoms. The molecular formula is C21H28N4O6S. The second-order valence-electron chi connectivity index (χ2n) is 6.92. The van der Waals surface area contributed by atoms with Crippen molar-refractivity contribution in [2.24, 2.45) is 0 Å². The monoisotopic (exact) mass is 464 g/mol. The highest BCUT2D eigenvalue weighted by Gasteiger charge is 2.16. The van der Waals surface area contributed by atoms with E-state index in [4.69, 9.17) is 14.6 Å². The first-order valence-electron chi connectivity index (χ1n) is 10.0. The SMILES string of the molecule is Cc1ccc(C(=O)Nc2nc(C)c(C)s2)c(NC(=O)CCOCCOCCNC(=O)O)c1. The number of anilines is 2. The predicted molar refractivity (Wildman–Crippen MR) is 122 cm³/mol. The minimum Gasteiger partial charge on any atom is -0.465 e. The molecule has 174 valence electrons. The Morgan fingerprint density at radius 3 is 2.41 bits per heavy atom. The van der Waals surface area contributed by atoms with E-state index in [-0.39, 0.29) is 44.6 Å². The van der Waals surface area contributed by atoms with E-state index in [1.165, 1.54) is 11.3 Å². The van der Waals surface area contributed by atoms with E-state index in [2.05, 4.69) is 20.9 Å². The molecule has 2 rings (SSSR count). The lowest BCUT2D eigenvalue weighted by Crippen LogP contribution is -2.25. The van der Waals surface area contributed by atoms with Gasteiger partial charge in [0.1, 0.15) is 0 Å². The highest BCUT2D eigenvalue weighted by atomic mass is 32.1. The zero-order chi connectivity index (χ0) is 23.5. The maximum absolute atomic E-state index is 12.7. The van der Waals surface area contributed by atoms with Gasteiger partial charge in [-0.25, -0.2) is 9.78 Å². The number of amides is 3. The van der Waals surface area contributed by atoms with Crippen LogP contribution in [0.1, 0.15) is 32.9 Å². The maximum atomic E-state index is 12.7. The maximum Gasteiger partial charge on any atom is 0.404 e. The zero-order valence-electron chi connectivity index (χ0n) is 18.3. The zero-order valence-corrected chi connectivity index (χ0v) is 19.1. The van der Waals surface area contributed by atoms with Crippen molar-refractivity contribution in [2.45, 2.75) is 27.2 Å². The Balaban J connectivity index is 1.79. The van der Waals surface area contributed by atoms with Gasteiger partial charge < -0.3 is 25.2 Å². The molecular weight excluding hydrogens is 436 g/mol. The van der Waals surface area contributed by atoms with E-state index < -0.39 is 6.09 Å². The molecule has 0 saturated carbocycles. The predicted octanol–water partition coefficient (Wildman–Crippen LogP) is 2.95. The summed E-state index contributed by atoms with van der Waals surface area (Å²) in [5.74, 6) is -0.628. The van der Waals surface area contributed by atoms with Crippen LogP contribution in [0.15, 0.2) is 18.2 Å². The van der Waals surface area contributed by atoms with Crippen molar-refractivity contribution in [2.75, 3.05) is 43.6 Å². The smallest absolute Gasteiger partial charge is 0.404 e. The summed E-state index contributed by atoms with van der Waals surface area (Å²) in [6.45, 7) is 6.90. The molecule has 32 heavy (non-hydrogen) atoms. The molecule has 0 radical (unpaired) electrons. The minimum absolute atomic E-state index is 0.112. The number of ether oxygens (including phenoxy) is 2. The van der Waals surface area contributed by atoms with Crippen molar-refractivity contribution in [1.29, 1.82) is 0 Å². The fraction of sp³-hybridized carbons (Fsp3) is 0.429. The first-order valence-corrected chi connectivity index (χ1v) is 10.9. The molecule has 1 aromatic carbocycles. The molecule has 1 aromatic heterocycles. The number of carboxylic acid groups (broad SMARTS) is 1. The lowest BCUT2D eigenvalue weighted by Gasteiger charge is -2.12. The molecule has 0 aliphatic rings. The molecule has 0 aliphatic carbocycles. The number of hydrogen-bond acceptors (Lipinski definition) is 7. The van der Waals surface area contributed by atoms with Crippen LogP contribution in [-0.2, 0) is 14.3 Å². The average molecular weight is 465 g/mol. The first-order chi connectivity index (χ1) is 15.3. The molecule has 11 heteroatoms. The van der Waals surface area contributed by atoms with Gasteiger partial charge in [0.05, 0.1) is 49.8 Å². The van der Waals surface area contributed by atoms with Gasteiger partial charge in [0.15, 0.2) is 5.13 Å². The van der Waals surface area contributed by atoms with Crippen molar-refractivity contribution in [3.05, 3.63) is 39.9 Å². The molecule has 10 nitrogen and oxygen atoms in total. The van der Waals surface area contributed by atoms with Crippen molar-refractivity contribution in [1.82, 2.24) is 10.3 Å². The Bertz CT molecular complexity index is 927. The van der Waals surface area contributed by atoms with E-state index in [1.54, 1.807) is 18.2 Å². The molecule has 0 bridgehead atoms. The minimum atomic E-state index is -1.10. The second kappa shape index (κ2) is 12.7. The van der Waals surface area contributed by atoms with Gasteiger partial charge in [-0.3, -0.25) is 14.9 Å². The summed E-state index contributed by atoms with van der Waals surface area (Å²) < 4.78 is 10.6. The average Bonchev–Trinajstić information content (AvgIpc) is 3.03. The van der Waals surface area contributed by atoms with Crippen LogP contribution in [0.2, 0.25) is 0 Å². The molecule has 0 atom stereocenters. The molecule has 4 N–H and O–H groups in total. The van der Waals surface area contributed by atoms with Gasteiger partial charge in [0, 0.05) is 11.4 Å². The van der Waals surface area contributed by atoms with Gasteiger partial charge in [-0.05, 0) is 38.5 Å². The Labute approximate surface area is 190 Å². The number of nitrogens with one attached hydrogen (secondary N) is 3. The van der Waals surface area contributed by atoms with E-state index >= 15 is 0 Å². The van der Waals surface area contributed by atoms with Crippen LogP contribution in [-0.4, -0.2) is 61.0 Å². The highest BCUT2D eigenvalue weighted by molar-refractivity contribution is 7.15.